The molecule has 0 amide bonds. The zero-order valence-corrected chi connectivity index (χ0v) is 10.3. The van der Waals surface area contributed by atoms with Gasteiger partial charge in [-0.15, -0.1) is 0 Å². The Balaban J connectivity index is 2.11. The van der Waals surface area contributed by atoms with E-state index in [4.69, 9.17) is 0 Å². The first kappa shape index (κ1) is 11.4. The van der Waals surface area contributed by atoms with Gasteiger partial charge in [0.2, 0.25) is 0 Å². The average molecular weight is 215 g/mol. The monoisotopic (exact) mass is 215 g/mol. The van der Waals surface area contributed by atoms with E-state index < -0.39 is 0 Å². The summed E-state index contributed by atoms with van der Waals surface area (Å²) < 4.78 is 0. The van der Waals surface area contributed by atoms with Crippen LogP contribution in [0.15, 0.2) is 30.8 Å². The lowest BCUT2D eigenvalue weighted by molar-refractivity contribution is 0.487. The minimum Gasteiger partial charge on any atom is -0.316 e. The van der Waals surface area contributed by atoms with Crippen LogP contribution in [0, 0.1) is 5.92 Å². The molecule has 2 atom stereocenters. The Hall–Kier alpha value is -1.08. The Kier molecular flexibility index (Phi) is 3.45. The summed E-state index contributed by atoms with van der Waals surface area (Å²) in [6.07, 6.45) is 1.31. The lowest BCUT2D eigenvalue weighted by Crippen LogP contribution is -2.14. The topological polar surface area (TPSA) is 12.0 Å². The largest absolute Gasteiger partial charge is 0.316 e. The molecule has 0 radical (unpaired) electrons. The summed E-state index contributed by atoms with van der Waals surface area (Å²) in [6.45, 7) is 10.7. The molecule has 16 heavy (non-hydrogen) atoms. The average Bonchev–Trinajstić information content (AvgIpc) is 2.81. The van der Waals surface area contributed by atoms with Gasteiger partial charge in [0, 0.05) is 0 Å². The molecule has 0 aliphatic carbocycles. The molecule has 1 aliphatic rings. The summed E-state index contributed by atoms with van der Waals surface area (Å²) in [5.41, 5.74) is 3.85. The minimum atomic E-state index is 0.661. The van der Waals surface area contributed by atoms with Gasteiger partial charge in [-0.2, -0.15) is 0 Å². The molecule has 0 saturated carbocycles. The van der Waals surface area contributed by atoms with E-state index >= 15 is 0 Å². The van der Waals surface area contributed by atoms with E-state index in [9.17, 15) is 0 Å². The number of benzene rings is 1. The van der Waals surface area contributed by atoms with Crippen molar-refractivity contribution in [2.45, 2.75) is 26.2 Å². The molecule has 1 heteroatoms. The van der Waals surface area contributed by atoms with E-state index in [1.807, 2.05) is 0 Å². The first-order valence-electron chi connectivity index (χ1n) is 6.15. The van der Waals surface area contributed by atoms with Crippen molar-refractivity contribution in [2.24, 2.45) is 5.92 Å². The van der Waals surface area contributed by atoms with Crippen molar-refractivity contribution in [2.75, 3.05) is 13.1 Å². The Labute approximate surface area is 98.6 Å². The highest BCUT2D eigenvalue weighted by Crippen LogP contribution is 2.29. The predicted octanol–water partition coefficient (Wildman–Crippen LogP) is 3.43. The smallest absolute Gasteiger partial charge is 0.00143 e. The van der Waals surface area contributed by atoms with Crippen LogP contribution in [0.3, 0.4) is 0 Å². The van der Waals surface area contributed by atoms with Crippen LogP contribution in [-0.2, 0) is 0 Å². The van der Waals surface area contributed by atoms with Gasteiger partial charge in [-0.3, -0.25) is 0 Å². The first-order valence-corrected chi connectivity index (χ1v) is 6.15. The summed E-state index contributed by atoms with van der Waals surface area (Å²) in [7, 11) is 0. The summed E-state index contributed by atoms with van der Waals surface area (Å²) in [6, 6.07) is 8.90. The first-order chi connectivity index (χ1) is 7.68. The third kappa shape index (κ3) is 2.35. The Morgan fingerprint density at radius 1 is 1.38 bits per heavy atom. The van der Waals surface area contributed by atoms with Crippen LogP contribution in [0.5, 0.6) is 0 Å². The molecule has 1 saturated heterocycles. The highest BCUT2D eigenvalue weighted by atomic mass is 14.9. The molecule has 1 N–H and O–H groups in total. The van der Waals surface area contributed by atoms with Crippen LogP contribution in [0.2, 0.25) is 0 Å². The van der Waals surface area contributed by atoms with Crippen LogP contribution < -0.4 is 5.32 Å². The van der Waals surface area contributed by atoms with Gasteiger partial charge in [-0.05, 0) is 49.4 Å². The van der Waals surface area contributed by atoms with Gasteiger partial charge in [0.15, 0.2) is 0 Å². The molecule has 1 aliphatic heterocycles. The molecule has 0 bridgehead atoms. The van der Waals surface area contributed by atoms with E-state index in [1.165, 1.54) is 30.6 Å². The van der Waals surface area contributed by atoms with Crippen molar-refractivity contribution in [3.05, 3.63) is 42.0 Å². The van der Waals surface area contributed by atoms with Crippen LogP contribution in [0.1, 0.15) is 37.3 Å². The summed E-state index contributed by atoms with van der Waals surface area (Å²) in [4.78, 5) is 0. The van der Waals surface area contributed by atoms with Crippen LogP contribution in [0.4, 0.5) is 0 Å². The van der Waals surface area contributed by atoms with E-state index in [0.717, 1.165) is 11.5 Å². The number of hydrogen-bond acceptors (Lipinski definition) is 1. The maximum Gasteiger partial charge on any atom is -0.00143 e. The Bertz CT molecular complexity index is 358. The number of nitrogens with one attached hydrogen (secondary N) is 1. The van der Waals surface area contributed by atoms with Crippen molar-refractivity contribution in [3.8, 4) is 0 Å². The van der Waals surface area contributed by atoms with Crippen molar-refractivity contribution >= 4 is 5.57 Å². The van der Waals surface area contributed by atoms with Gasteiger partial charge in [-0.1, -0.05) is 43.3 Å². The normalized spacial score (nSPS) is 22.0. The zero-order chi connectivity index (χ0) is 11.5. The Morgan fingerprint density at radius 2 is 2.06 bits per heavy atom. The maximum atomic E-state index is 3.97. The van der Waals surface area contributed by atoms with Crippen molar-refractivity contribution < 1.29 is 0 Å². The maximum absolute atomic E-state index is 3.97. The lowest BCUT2D eigenvalue weighted by atomic mass is 9.86. The predicted molar refractivity (Wildman–Crippen MR) is 70.5 cm³/mol. The second kappa shape index (κ2) is 4.84. The molecule has 2 rings (SSSR count). The number of hydrogen-bond donors (Lipinski definition) is 1. The number of allylic oxidation sites excluding steroid dienone is 1. The third-order valence-corrected chi connectivity index (χ3v) is 3.73. The van der Waals surface area contributed by atoms with E-state index in [1.54, 1.807) is 0 Å². The van der Waals surface area contributed by atoms with E-state index in [0.29, 0.717) is 5.92 Å². The molecule has 1 aromatic carbocycles. The fraction of sp³-hybridized carbons (Fsp3) is 0.467. The van der Waals surface area contributed by atoms with Crippen molar-refractivity contribution in [1.29, 1.82) is 0 Å². The molecule has 1 heterocycles. The minimum absolute atomic E-state index is 0.661. The van der Waals surface area contributed by atoms with Crippen molar-refractivity contribution in [3.63, 3.8) is 0 Å². The van der Waals surface area contributed by atoms with Gasteiger partial charge >= 0.3 is 0 Å². The highest BCUT2D eigenvalue weighted by Gasteiger charge is 2.22. The molecule has 0 spiro atoms. The van der Waals surface area contributed by atoms with Crippen LogP contribution in [0.25, 0.3) is 5.57 Å². The quantitative estimate of drug-likeness (QED) is 0.814. The van der Waals surface area contributed by atoms with Crippen LogP contribution in [-0.4, -0.2) is 13.1 Å². The van der Waals surface area contributed by atoms with Crippen molar-refractivity contribution in [1.82, 2.24) is 5.32 Å². The fourth-order valence-electron chi connectivity index (χ4n) is 2.45. The summed E-state index contributed by atoms with van der Waals surface area (Å²) in [5, 5.41) is 3.44. The Morgan fingerprint density at radius 3 is 2.56 bits per heavy atom. The lowest BCUT2D eigenvalue weighted by Gasteiger charge is -2.18. The van der Waals surface area contributed by atoms with Gasteiger partial charge in [0.1, 0.15) is 0 Å². The summed E-state index contributed by atoms with van der Waals surface area (Å²) >= 11 is 0. The molecule has 86 valence electrons. The van der Waals surface area contributed by atoms with E-state index in [2.05, 4.69) is 50.0 Å². The number of rotatable bonds is 3. The third-order valence-electron chi connectivity index (χ3n) is 3.73. The zero-order valence-electron chi connectivity index (χ0n) is 10.3. The molecule has 1 nitrogen and oxygen atoms in total. The fourth-order valence-corrected chi connectivity index (χ4v) is 2.45. The van der Waals surface area contributed by atoms with Gasteiger partial charge in [-0.25, -0.2) is 0 Å². The second-order valence-electron chi connectivity index (χ2n) is 4.94. The molecule has 1 fully saturated rings. The standard InChI is InChI=1S/C15H21N/c1-11(2)13-4-6-14(7-5-13)12(3)15-8-9-16-10-15/h4-7,12,15-16H,1,8-10H2,2-3H3. The van der Waals surface area contributed by atoms with Gasteiger partial charge in [0.25, 0.3) is 0 Å². The van der Waals surface area contributed by atoms with Gasteiger partial charge in [0.05, 0.1) is 0 Å². The molecule has 0 aromatic heterocycles. The second-order valence-corrected chi connectivity index (χ2v) is 4.94. The summed E-state index contributed by atoms with van der Waals surface area (Å²) in [5.74, 6) is 1.46. The van der Waals surface area contributed by atoms with Gasteiger partial charge < -0.3 is 5.32 Å². The molecule has 2 unspecified atom stereocenters. The highest BCUT2D eigenvalue weighted by molar-refractivity contribution is 5.61. The van der Waals surface area contributed by atoms with E-state index in [-0.39, 0.29) is 0 Å². The molecule has 1 aromatic rings. The van der Waals surface area contributed by atoms with Crippen LogP contribution >= 0.6 is 0 Å². The SMILES string of the molecule is C=C(C)c1ccc(C(C)C2CCNC2)cc1. The molecular formula is C15H21N. The molecular weight excluding hydrogens is 194 g/mol.